The summed E-state index contributed by atoms with van der Waals surface area (Å²) in [5, 5.41) is 4.35. The molecule has 1 aliphatic rings. The monoisotopic (exact) mass is 708 g/mol. The Bertz CT molecular complexity index is 1830. The second-order valence-corrected chi connectivity index (χ2v) is 11.4. The number of amides is 3. The molecular weight excluding hydrogens is 682 g/mol. The molecular formula is C31H26F6N6O5S. The van der Waals surface area contributed by atoms with E-state index in [-0.39, 0.29) is 28.1 Å². The van der Waals surface area contributed by atoms with Gasteiger partial charge in [-0.05, 0) is 61.4 Å². The Morgan fingerprint density at radius 3 is 2.43 bits per heavy atom. The number of halogens is 6. The summed E-state index contributed by atoms with van der Waals surface area (Å²) in [6.07, 6.45) is -9.65. The number of aryl methyl sites for hydroxylation is 1. The van der Waals surface area contributed by atoms with Crippen LogP contribution < -0.4 is 19.9 Å². The number of aromatic nitrogens is 3. The van der Waals surface area contributed by atoms with Crippen molar-refractivity contribution in [1.29, 1.82) is 0 Å². The first kappa shape index (κ1) is 35.2. The molecule has 1 fully saturated rings. The topological polar surface area (TPSA) is 120 Å². The second-order valence-electron chi connectivity index (χ2n) is 10.4. The lowest BCUT2D eigenvalue weighted by atomic mass is 10.1. The summed E-state index contributed by atoms with van der Waals surface area (Å²) in [5.41, 5.74) is 4.83. The second kappa shape index (κ2) is 14.6. The van der Waals surface area contributed by atoms with Gasteiger partial charge in [0, 0.05) is 5.56 Å². The molecule has 1 saturated heterocycles. The zero-order valence-electron chi connectivity index (χ0n) is 25.6. The Labute approximate surface area is 278 Å². The van der Waals surface area contributed by atoms with Crippen LogP contribution in [0, 0.1) is 6.92 Å². The number of ether oxygens (including phenoxy) is 2. The molecule has 1 aliphatic heterocycles. The molecule has 0 radical (unpaired) electrons. The van der Waals surface area contributed by atoms with Crippen molar-refractivity contribution in [3.05, 3.63) is 84.2 Å². The van der Waals surface area contributed by atoms with Crippen LogP contribution in [0.4, 0.5) is 36.8 Å². The van der Waals surface area contributed by atoms with Crippen molar-refractivity contribution in [2.75, 3.05) is 17.3 Å². The van der Waals surface area contributed by atoms with Crippen LogP contribution in [0.25, 0.3) is 17.1 Å². The number of aliphatic imine (C=N–C) groups is 1. The summed E-state index contributed by atoms with van der Waals surface area (Å²) < 4.78 is 85.8. The number of carbonyl (C=O) groups is 2. The van der Waals surface area contributed by atoms with Crippen molar-refractivity contribution < 1.29 is 50.2 Å². The van der Waals surface area contributed by atoms with Gasteiger partial charge in [-0.15, -0.1) is 18.3 Å². The number of nitrogens with one attached hydrogen (secondary N) is 1. The first-order valence-corrected chi connectivity index (χ1v) is 15.3. The smallest absolute Gasteiger partial charge is 0.491 e. The Morgan fingerprint density at radius 1 is 1.04 bits per heavy atom. The lowest BCUT2D eigenvalue weighted by Crippen LogP contribution is -2.32. The van der Waals surface area contributed by atoms with Gasteiger partial charge in [-0.2, -0.15) is 18.2 Å². The van der Waals surface area contributed by atoms with Crippen molar-refractivity contribution in [1.82, 2.24) is 20.2 Å². The first-order chi connectivity index (χ1) is 23.1. The van der Waals surface area contributed by atoms with E-state index in [1.807, 2.05) is 0 Å². The van der Waals surface area contributed by atoms with Crippen LogP contribution in [0.15, 0.2) is 78.0 Å². The third-order valence-electron chi connectivity index (χ3n) is 6.75. The fraction of sp³-hybridized carbons (Fsp3) is 0.258. The molecule has 0 aliphatic carbocycles. The number of urea groups is 1. The fourth-order valence-electron chi connectivity index (χ4n) is 4.42. The van der Waals surface area contributed by atoms with E-state index in [2.05, 4.69) is 25.3 Å². The van der Waals surface area contributed by atoms with Crippen LogP contribution in [0.1, 0.15) is 30.6 Å². The van der Waals surface area contributed by atoms with Gasteiger partial charge in [-0.25, -0.2) is 19.9 Å². The molecule has 0 saturated carbocycles. The molecule has 2 heterocycles. The number of hydroxylamine groups is 1. The molecule has 3 aromatic carbocycles. The number of hydrogen-bond donors (Lipinski definition) is 1. The average molecular weight is 709 g/mol. The van der Waals surface area contributed by atoms with Crippen molar-refractivity contribution in [3.8, 4) is 28.6 Å². The third-order valence-corrected chi connectivity index (χ3v) is 7.67. The molecule has 3 amide bonds. The van der Waals surface area contributed by atoms with Crippen LogP contribution in [0.2, 0.25) is 0 Å². The molecule has 5 rings (SSSR count). The summed E-state index contributed by atoms with van der Waals surface area (Å²) >= 11 is 0.972. The average Bonchev–Trinajstić information content (AvgIpc) is 3.67. The number of benzene rings is 3. The molecule has 1 N–H and O–H groups in total. The van der Waals surface area contributed by atoms with Crippen LogP contribution in [0.3, 0.4) is 0 Å². The number of rotatable bonds is 10. The minimum absolute atomic E-state index is 0.00750. The SMILES string of the molecule is Cc1ccc(OCCC(F)(F)F)c(N2C(=O)CS/C2=N\C(=O)NOC(C)c2ccc(-c3ncn(-c4ccc(OC(F)(F)F)cc4)n3)cc2)c1. The van der Waals surface area contributed by atoms with E-state index in [4.69, 9.17) is 9.57 Å². The summed E-state index contributed by atoms with van der Waals surface area (Å²) in [6, 6.07) is 15.7. The number of thioether (sulfide) groups is 1. The predicted molar refractivity (Wildman–Crippen MR) is 166 cm³/mol. The minimum atomic E-state index is -4.80. The van der Waals surface area contributed by atoms with Crippen LogP contribution >= 0.6 is 11.8 Å². The summed E-state index contributed by atoms with van der Waals surface area (Å²) in [7, 11) is 0. The predicted octanol–water partition coefficient (Wildman–Crippen LogP) is 7.31. The number of hydrogen-bond acceptors (Lipinski definition) is 8. The van der Waals surface area contributed by atoms with Gasteiger partial charge in [0.1, 0.15) is 23.9 Å². The van der Waals surface area contributed by atoms with Crippen LogP contribution in [0.5, 0.6) is 11.5 Å². The molecule has 0 bridgehead atoms. The Kier molecular flexibility index (Phi) is 10.5. The maximum Gasteiger partial charge on any atom is 0.573 e. The van der Waals surface area contributed by atoms with E-state index >= 15 is 0 Å². The van der Waals surface area contributed by atoms with Gasteiger partial charge >= 0.3 is 18.6 Å². The summed E-state index contributed by atoms with van der Waals surface area (Å²) in [4.78, 5) is 40.2. The Hall–Kier alpha value is -5.10. The van der Waals surface area contributed by atoms with Crippen molar-refractivity contribution in [2.24, 2.45) is 4.99 Å². The van der Waals surface area contributed by atoms with Gasteiger partial charge in [0.25, 0.3) is 0 Å². The van der Waals surface area contributed by atoms with Crippen LogP contribution in [-0.2, 0) is 9.63 Å². The number of anilines is 1. The lowest BCUT2D eigenvalue weighted by molar-refractivity contribution is -0.274. The van der Waals surface area contributed by atoms with E-state index in [0.717, 1.165) is 28.8 Å². The van der Waals surface area contributed by atoms with Crippen LogP contribution in [-0.4, -0.2) is 56.8 Å². The quantitative estimate of drug-likeness (QED) is 0.135. The molecule has 258 valence electrons. The lowest BCUT2D eigenvalue weighted by Gasteiger charge is -2.21. The fourth-order valence-corrected chi connectivity index (χ4v) is 5.28. The Balaban J connectivity index is 1.19. The van der Waals surface area contributed by atoms with Crippen molar-refractivity contribution in [3.63, 3.8) is 0 Å². The van der Waals surface area contributed by atoms with Crippen molar-refractivity contribution >= 4 is 34.6 Å². The van der Waals surface area contributed by atoms with E-state index in [9.17, 15) is 35.9 Å². The summed E-state index contributed by atoms with van der Waals surface area (Å²) in [5.74, 6) is -0.487. The molecule has 11 nitrogen and oxygen atoms in total. The highest BCUT2D eigenvalue weighted by Gasteiger charge is 2.34. The maximum absolute atomic E-state index is 12.7. The first-order valence-electron chi connectivity index (χ1n) is 14.3. The van der Waals surface area contributed by atoms with Gasteiger partial charge in [0.15, 0.2) is 11.0 Å². The number of nitrogens with zero attached hydrogens (tertiary/aromatic N) is 5. The zero-order valence-corrected chi connectivity index (χ0v) is 26.4. The van der Waals surface area contributed by atoms with Gasteiger partial charge < -0.3 is 9.47 Å². The third kappa shape index (κ3) is 9.50. The number of carbonyl (C=O) groups excluding carboxylic acids is 2. The molecule has 4 aromatic rings. The van der Waals surface area contributed by atoms with Gasteiger partial charge in [-0.1, -0.05) is 42.1 Å². The van der Waals surface area contributed by atoms with Crippen molar-refractivity contribution in [2.45, 2.75) is 38.9 Å². The van der Waals surface area contributed by atoms with E-state index in [0.29, 0.717) is 28.2 Å². The highest BCUT2D eigenvalue weighted by Crippen LogP contribution is 2.36. The molecule has 1 aromatic heterocycles. The normalized spacial score (nSPS) is 15.1. The largest absolute Gasteiger partial charge is 0.573 e. The molecule has 49 heavy (non-hydrogen) atoms. The Morgan fingerprint density at radius 2 is 1.76 bits per heavy atom. The summed E-state index contributed by atoms with van der Waals surface area (Å²) in [6.45, 7) is 2.74. The highest BCUT2D eigenvalue weighted by molar-refractivity contribution is 8.15. The maximum atomic E-state index is 12.7. The molecule has 0 spiro atoms. The standard InChI is InChI=1S/C31H26F6N6O5S/c1-18-3-12-25(46-14-13-30(32,33)34)24(15-18)43-26(44)16-49-29(43)39-28(45)41-48-19(2)20-4-6-21(7-5-20)27-38-17-42(40-27)22-8-10-23(11-9-22)47-31(35,36)37/h3-12,15,17,19H,13-14,16H2,1-2H3,(H,41,45)/b39-29-. The molecule has 1 unspecified atom stereocenters. The van der Waals surface area contributed by atoms with Gasteiger partial charge in [0.05, 0.1) is 30.2 Å². The number of amidine groups is 1. The highest BCUT2D eigenvalue weighted by atomic mass is 32.2. The van der Waals surface area contributed by atoms with Gasteiger partial charge in [-0.3, -0.25) is 14.5 Å². The van der Waals surface area contributed by atoms with E-state index in [1.54, 1.807) is 50.2 Å². The molecule has 18 heteroatoms. The van der Waals surface area contributed by atoms with Gasteiger partial charge in [0.2, 0.25) is 5.91 Å². The minimum Gasteiger partial charge on any atom is -0.491 e. The zero-order chi connectivity index (χ0) is 35.3. The van der Waals surface area contributed by atoms with E-state index < -0.39 is 43.6 Å². The molecule has 1 atom stereocenters. The van der Waals surface area contributed by atoms with E-state index in [1.165, 1.54) is 29.2 Å². The number of alkyl halides is 6.